The number of hydrogen-bond acceptors (Lipinski definition) is 7. The summed E-state index contributed by atoms with van der Waals surface area (Å²) in [5.74, 6) is 0.442. The smallest absolute Gasteiger partial charge is 0.234 e. The monoisotopic (exact) mass is 433 g/mol. The zero-order valence-corrected chi connectivity index (χ0v) is 18.7. The number of hydrogen-bond donors (Lipinski definition) is 1. The number of aromatic nitrogens is 2. The van der Waals surface area contributed by atoms with Gasteiger partial charge in [-0.05, 0) is 17.5 Å². The number of benzene rings is 1. The van der Waals surface area contributed by atoms with Crippen molar-refractivity contribution in [2.75, 3.05) is 42.1 Å². The summed E-state index contributed by atoms with van der Waals surface area (Å²) in [7, 11) is 0. The quantitative estimate of drug-likeness (QED) is 0.704. The van der Waals surface area contributed by atoms with Crippen molar-refractivity contribution in [3.05, 3.63) is 30.3 Å². The Hall–Kier alpha value is -2.13. The van der Waals surface area contributed by atoms with Crippen molar-refractivity contribution in [2.24, 2.45) is 5.41 Å². The van der Waals surface area contributed by atoms with E-state index in [0.717, 1.165) is 28.2 Å². The lowest BCUT2D eigenvalue weighted by Crippen LogP contribution is -2.49. The highest BCUT2D eigenvalue weighted by atomic mass is 32.2. The SMILES string of the molecule is CC(C)(C)CC(=O)N1CCN(c2nnc(SCC(=O)Nc3ccccc3)s2)CC1. The van der Waals surface area contributed by atoms with Crippen LogP contribution in [0, 0.1) is 5.41 Å². The summed E-state index contributed by atoms with van der Waals surface area (Å²) in [6.45, 7) is 9.17. The summed E-state index contributed by atoms with van der Waals surface area (Å²) < 4.78 is 0.773. The number of carbonyl (C=O) groups is 2. The van der Waals surface area contributed by atoms with Gasteiger partial charge in [-0.15, -0.1) is 10.2 Å². The van der Waals surface area contributed by atoms with E-state index in [0.29, 0.717) is 25.3 Å². The Bertz CT molecular complexity index is 827. The molecule has 1 aliphatic rings. The topological polar surface area (TPSA) is 78.4 Å². The van der Waals surface area contributed by atoms with E-state index in [9.17, 15) is 9.59 Å². The average molecular weight is 434 g/mol. The molecule has 0 aliphatic carbocycles. The van der Waals surface area contributed by atoms with Gasteiger partial charge in [0.05, 0.1) is 5.75 Å². The molecule has 0 radical (unpaired) electrons. The van der Waals surface area contributed by atoms with Gasteiger partial charge >= 0.3 is 0 Å². The highest BCUT2D eigenvalue weighted by molar-refractivity contribution is 8.01. The molecule has 9 heteroatoms. The lowest BCUT2D eigenvalue weighted by atomic mass is 9.91. The summed E-state index contributed by atoms with van der Waals surface area (Å²) in [6, 6.07) is 9.40. The molecule has 1 fully saturated rings. The Labute approximate surface area is 179 Å². The first-order chi connectivity index (χ1) is 13.8. The normalized spacial score (nSPS) is 14.7. The zero-order valence-electron chi connectivity index (χ0n) is 17.1. The maximum absolute atomic E-state index is 12.4. The van der Waals surface area contributed by atoms with Gasteiger partial charge in [0, 0.05) is 38.3 Å². The lowest BCUT2D eigenvalue weighted by molar-refractivity contribution is -0.133. The second kappa shape index (κ2) is 9.58. The molecule has 1 N–H and O–H groups in total. The van der Waals surface area contributed by atoms with Crippen molar-refractivity contribution in [1.82, 2.24) is 15.1 Å². The van der Waals surface area contributed by atoms with Gasteiger partial charge in [0.2, 0.25) is 16.9 Å². The van der Waals surface area contributed by atoms with Gasteiger partial charge < -0.3 is 15.1 Å². The Morgan fingerprint density at radius 2 is 1.79 bits per heavy atom. The maximum Gasteiger partial charge on any atom is 0.234 e. The van der Waals surface area contributed by atoms with Gasteiger partial charge in [0.15, 0.2) is 4.34 Å². The van der Waals surface area contributed by atoms with Gasteiger partial charge in [0.25, 0.3) is 0 Å². The third-order valence-corrected chi connectivity index (χ3v) is 6.48. The van der Waals surface area contributed by atoms with E-state index in [1.165, 1.54) is 23.1 Å². The molecule has 1 aliphatic heterocycles. The Balaban J connectivity index is 1.44. The van der Waals surface area contributed by atoms with Gasteiger partial charge in [0.1, 0.15) is 0 Å². The standard InChI is InChI=1S/C20H27N5O2S2/c1-20(2,3)13-17(27)24-9-11-25(12-10-24)18-22-23-19(29-18)28-14-16(26)21-15-7-5-4-6-8-15/h4-8H,9-14H2,1-3H3,(H,21,26). The number of carbonyl (C=O) groups excluding carboxylic acids is 2. The summed E-state index contributed by atoms with van der Waals surface area (Å²) in [6.07, 6.45) is 0.567. The molecule has 7 nitrogen and oxygen atoms in total. The van der Waals surface area contributed by atoms with Crippen LogP contribution < -0.4 is 10.2 Å². The Morgan fingerprint density at radius 1 is 1.10 bits per heavy atom. The fourth-order valence-electron chi connectivity index (χ4n) is 2.95. The molecule has 0 spiro atoms. The third kappa shape index (κ3) is 6.71. The van der Waals surface area contributed by atoms with E-state index in [2.05, 4.69) is 41.2 Å². The number of anilines is 2. The van der Waals surface area contributed by atoms with Crippen molar-refractivity contribution in [3.8, 4) is 0 Å². The molecule has 0 saturated carbocycles. The Morgan fingerprint density at radius 3 is 2.45 bits per heavy atom. The molecule has 29 heavy (non-hydrogen) atoms. The third-order valence-electron chi connectivity index (χ3n) is 4.36. The van der Waals surface area contributed by atoms with Crippen LogP contribution in [0.15, 0.2) is 34.7 Å². The molecule has 1 aromatic carbocycles. The number of nitrogens with one attached hydrogen (secondary N) is 1. The predicted molar refractivity (Wildman–Crippen MR) is 119 cm³/mol. The minimum atomic E-state index is -0.0658. The lowest BCUT2D eigenvalue weighted by Gasteiger charge is -2.35. The van der Waals surface area contributed by atoms with Gasteiger partial charge in [-0.3, -0.25) is 9.59 Å². The van der Waals surface area contributed by atoms with Crippen LogP contribution in [0.1, 0.15) is 27.2 Å². The van der Waals surface area contributed by atoms with Crippen LogP contribution in [-0.2, 0) is 9.59 Å². The first kappa shape index (κ1) is 21.6. The first-order valence-corrected chi connectivity index (χ1v) is 11.4. The number of nitrogens with zero attached hydrogens (tertiary/aromatic N) is 4. The van der Waals surface area contributed by atoms with E-state index in [4.69, 9.17) is 0 Å². The van der Waals surface area contributed by atoms with Crippen molar-refractivity contribution < 1.29 is 9.59 Å². The van der Waals surface area contributed by atoms with Crippen LogP contribution in [0.25, 0.3) is 0 Å². The van der Waals surface area contributed by atoms with E-state index < -0.39 is 0 Å². The van der Waals surface area contributed by atoms with Crippen molar-refractivity contribution in [2.45, 2.75) is 31.5 Å². The number of piperazine rings is 1. The predicted octanol–water partition coefficient (Wildman–Crippen LogP) is 3.35. The van der Waals surface area contributed by atoms with Crippen LogP contribution >= 0.6 is 23.1 Å². The molecule has 3 rings (SSSR count). The molecule has 0 bridgehead atoms. The zero-order chi connectivity index (χ0) is 20.9. The second-order valence-corrected chi connectivity index (χ2v) is 10.3. The summed E-state index contributed by atoms with van der Waals surface area (Å²) in [5, 5.41) is 12.2. The van der Waals surface area contributed by atoms with Gasteiger partial charge in [-0.1, -0.05) is 62.1 Å². The van der Waals surface area contributed by atoms with E-state index in [1.807, 2.05) is 35.2 Å². The largest absolute Gasteiger partial charge is 0.343 e. The van der Waals surface area contributed by atoms with Gasteiger partial charge in [-0.2, -0.15) is 0 Å². The first-order valence-electron chi connectivity index (χ1n) is 9.64. The molecule has 2 amide bonds. The fraction of sp³-hybridized carbons (Fsp3) is 0.500. The number of thioether (sulfide) groups is 1. The Kier molecular flexibility index (Phi) is 7.13. The molecule has 0 atom stereocenters. The molecular formula is C20H27N5O2S2. The van der Waals surface area contributed by atoms with Crippen LogP contribution in [0.5, 0.6) is 0 Å². The second-order valence-electron chi connectivity index (χ2n) is 8.16. The molecule has 1 aromatic heterocycles. The number of para-hydroxylation sites is 1. The van der Waals surface area contributed by atoms with Gasteiger partial charge in [-0.25, -0.2) is 0 Å². The number of amides is 2. The van der Waals surface area contributed by atoms with Crippen LogP contribution in [0.3, 0.4) is 0 Å². The highest BCUT2D eigenvalue weighted by Crippen LogP contribution is 2.29. The van der Waals surface area contributed by atoms with Crippen LogP contribution in [0.2, 0.25) is 0 Å². The van der Waals surface area contributed by atoms with E-state index in [1.54, 1.807) is 0 Å². The molecular weight excluding hydrogens is 406 g/mol. The summed E-state index contributed by atoms with van der Waals surface area (Å²) >= 11 is 2.88. The average Bonchev–Trinajstić information content (AvgIpc) is 3.15. The van der Waals surface area contributed by atoms with Crippen LogP contribution in [0.4, 0.5) is 10.8 Å². The highest BCUT2D eigenvalue weighted by Gasteiger charge is 2.26. The van der Waals surface area contributed by atoms with E-state index in [-0.39, 0.29) is 17.2 Å². The summed E-state index contributed by atoms with van der Waals surface area (Å²) in [4.78, 5) is 28.5. The minimum absolute atomic E-state index is 0.00632. The minimum Gasteiger partial charge on any atom is -0.343 e. The molecule has 0 unspecified atom stereocenters. The van der Waals surface area contributed by atoms with E-state index >= 15 is 0 Å². The van der Waals surface area contributed by atoms with Crippen molar-refractivity contribution in [3.63, 3.8) is 0 Å². The summed E-state index contributed by atoms with van der Waals surface area (Å²) in [5.41, 5.74) is 0.793. The molecule has 2 heterocycles. The number of rotatable bonds is 6. The molecule has 1 saturated heterocycles. The molecule has 156 valence electrons. The van der Waals surface area contributed by atoms with Crippen molar-refractivity contribution >= 4 is 45.7 Å². The maximum atomic E-state index is 12.4. The molecule has 2 aromatic rings. The van der Waals surface area contributed by atoms with Crippen LogP contribution in [-0.4, -0.2) is 58.8 Å². The van der Waals surface area contributed by atoms with Crippen molar-refractivity contribution in [1.29, 1.82) is 0 Å². The fourth-order valence-corrected chi connectivity index (χ4v) is 4.64.